The van der Waals surface area contributed by atoms with E-state index in [-0.39, 0.29) is 16.7 Å². The Bertz CT molecular complexity index is 1020. The summed E-state index contributed by atoms with van der Waals surface area (Å²) in [5.41, 5.74) is 7.09. The minimum Gasteiger partial charge on any atom is -0.378 e. The molecule has 2 N–H and O–H groups in total. The molecule has 0 amide bonds. The number of pyridine rings is 1. The fraction of sp³-hybridized carbons (Fsp3) is 0.300. The second-order valence-electron chi connectivity index (χ2n) is 6.71. The zero-order valence-corrected chi connectivity index (χ0v) is 16.8. The average Bonchev–Trinajstić information content (AvgIpc) is 3.03. The van der Waals surface area contributed by atoms with E-state index in [1.165, 1.54) is 0 Å². The Balaban J connectivity index is 2.13. The lowest BCUT2D eigenvalue weighted by molar-refractivity contribution is 0.471. The first-order valence-electron chi connectivity index (χ1n) is 9.10. The van der Waals surface area contributed by atoms with Crippen molar-refractivity contribution in [3.05, 3.63) is 71.9 Å². The number of aromatic nitrogens is 3. The lowest BCUT2D eigenvalue weighted by Crippen LogP contribution is -2.19. The maximum absolute atomic E-state index is 13.2. The van der Waals surface area contributed by atoms with Crippen LogP contribution in [0, 0.1) is 0 Å². The van der Waals surface area contributed by atoms with Crippen molar-refractivity contribution in [2.75, 3.05) is 6.54 Å². The summed E-state index contributed by atoms with van der Waals surface area (Å²) in [6.45, 7) is 4.49. The molecular weight excluding hydrogens is 376 g/mol. The molecule has 0 aliphatic carbocycles. The lowest BCUT2D eigenvalue weighted by Gasteiger charge is -2.14. The molecule has 0 saturated heterocycles. The number of benzene rings is 1. The van der Waals surface area contributed by atoms with Crippen molar-refractivity contribution in [3.8, 4) is 5.75 Å². The van der Waals surface area contributed by atoms with Crippen LogP contribution in [0.4, 0.5) is 0 Å². The molecule has 0 bridgehead atoms. The third-order valence-electron chi connectivity index (χ3n) is 4.19. The van der Waals surface area contributed by atoms with Crippen LogP contribution < -0.4 is 9.92 Å². The second-order valence-corrected chi connectivity index (χ2v) is 8.17. The molecule has 2 heterocycles. The van der Waals surface area contributed by atoms with Gasteiger partial charge in [0.05, 0.1) is 12.2 Å². The van der Waals surface area contributed by atoms with Crippen molar-refractivity contribution >= 4 is 10.1 Å². The summed E-state index contributed by atoms with van der Waals surface area (Å²) in [5, 5.41) is 0.0682. The predicted octanol–water partition coefficient (Wildman–Crippen LogP) is 2.72. The van der Waals surface area contributed by atoms with Gasteiger partial charge in [0, 0.05) is 18.8 Å². The normalized spacial score (nSPS) is 11.7. The van der Waals surface area contributed by atoms with Crippen LogP contribution in [-0.2, 0) is 23.1 Å². The van der Waals surface area contributed by atoms with E-state index in [0.717, 1.165) is 5.56 Å². The molecule has 1 aromatic carbocycles. The van der Waals surface area contributed by atoms with Gasteiger partial charge in [-0.15, -0.1) is 0 Å². The Morgan fingerprint density at radius 3 is 2.50 bits per heavy atom. The first kappa shape index (κ1) is 20.0. The van der Waals surface area contributed by atoms with E-state index in [9.17, 15) is 8.42 Å². The lowest BCUT2D eigenvalue weighted by atomic mass is 10.1. The number of hydrogen-bond donors (Lipinski definition) is 1. The Morgan fingerprint density at radius 1 is 1.14 bits per heavy atom. The molecule has 0 atom stereocenters. The van der Waals surface area contributed by atoms with E-state index in [1.807, 2.05) is 26.0 Å². The van der Waals surface area contributed by atoms with Gasteiger partial charge in [-0.1, -0.05) is 38.1 Å². The highest BCUT2D eigenvalue weighted by Crippen LogP contribution is 2.28. The minimum absolute atomic E-state index is 0.0682. The molecule has 0 radical (unpaired) electrons. The molecule has 0 aliphatic rings. The van der Waals surface area contributed by atoms with Crippen LogP contribution in [0.2, 0.25) is 0 Å². The van der Waals surface area contributed by atoms with Crippen LogP contribution in [0.1, 0.15) is 36.8 Å². The number of nitrogens with zero attached hydrogens (tertiary/aromatic N) is 3. The Kier molecular flexibility index (Phi) is 6.11. The van der Waals surface area contributed by atoms with Gasteiger partial charge in [-0.3, -0.25) is 4.98 Å². The third kappa shape index (κ3) is 4.40. The summed E-state index contributed by atoms with van der Waals surface area (Å²) >= 11 is 0. The van der Waals surface area contributed by atoms with Gasteiger partial charge in [0.15, 0.2) is 5.03 Å². The van der Waals surface area contributed by atoms with E-state index in [2.05, 4.69) is 9.97 Å². The molecule has 28 heavy (non-hydrogen) atoms. The van der Waals surface area contributed by atoms with Crippen LogP contribution in [0.25, 0.3) is 0 Å². The highest BCUT2D eigenvalue weighted by atomic mass is 32.2. The maximum atomic E-state index is 13.2. The van der Waals surface area contributed by atoms with E-state index >= 15 is 0 Å². The zero-order valence-electron chi connectivity index (χ0n) is 15.9. The van der Waals surface area contributed by atoms with Crippen LogP contribution in [0.3, 0.4) is 0 Å². The van der Waals surface area contributed by atoms with Crippen molar-refractivity contribution in [1.82, 2.24) is 14.5 Å². The molecule has 0 saturated carbocycles. The predicted molar refractivity (Wildman–Crippen MR) is 107 cm³/mol. The SMILES string of the molecule is CC(C)c1nc(CCN)n(Cc2cccnc2)c1S(=O)(=O)Oc1ccccc1. The van der Waals surface area contributed by atoms with Crippen LogP contribution in [0.15, 0.2) is 59.9 Å². The summed E-state index contributed by atoms with van der Waals surface area (Å²) in [4.78, 5) is 8.73. The Morgan fingerprint density at radius 2 is 1.89 bits per heavy atom. The number of rotatable bonds is 8. The van der Waals surface area contributed by atoms with Crippen molar-refractivity contribution in [1.29, 1.82) is 0 Å². The summed E-state index contributed by atoms with van der Waals surface area (Å²) in [5.74, 6) is 0.771. The summed E-state index contributed by atoms with van der Waals surface area (Å²) in [6.07, 6.45) is 3.84. The highest BCUT2D eigenvalue weighted by molar-refractivity contribution is 7.87. The van der Waals surface area contributed by atoms with E-state index < -0.39 is 10.1 Å². The van der Waals surface area contributed by atoms with Gasteiger partial charge >= 0.3 is 10.1 Å². The summed E-state index contributed by atoms with van der Waals surface area (Å²) in [6, 6.07) is 12.2. The molecule has 2 aromatic heterocycles. The van der Waals surface area contributed by atoms with Gasteiger partial charge in [0.1, 0.15) is 11.6 Å². The second kappa shape index (κ2) is 8.53. The van der Waals surface area contributed by atoms with Gasteiger partial charge in [-0.05, 0) is 36.2 Å². The van der Waals surface area contributed by atoms with Crippen molar-refractivity contribution in [3.63, 3.8) is 0 Å². The zero-order chi connectivity index (χ0) is 20.1. The van der Waals surface area contributed by atoms with E-state index in [0.29, 0.717) is 31.0 Å². The molecule has 0 spiro atoms. The Hall–Kier alpha value is -2.71. The molecule has 3 aromatic rings. The van der Waals surface area contributed by atoms with Crippen LogP contribution >= 0.6 is 0 Å². The standard InChI is InChI=1S/C20H24N4O3S/c1-15(2)19-20(28(25,26)27-17-8-4-3-5-9-17)24(18(23-19)10-11-21)14-16-7-6-12-22-13-16/h3-9,12-13,15H,10-11,14,21H2,1-2H3. The third-order valence-corrected chi connectivity index (χ3v) is 5.50. The van der Waals surface area contributed by atoms with E-state index in [4.69, 9.17) is 9.92 Å². The molecule has 8 heteroatoms. The van der Waals surface area contributed by atoms with Gasteiger partial charge in [0.25, 0.3) is 0 Å². The number of para-hydroxylation sites is 1. The number of hydrogen-bond acceptors (Lipinski definition) is 6. The molecular formula is C20H24N4O3S. The van der Waals surface area contributed by atoms with Gasteiger partial charge in [-0.25, -0.2) is 4.98 Å². The topological polar surface area (TPSA) is 100 Å². The molecule has 7 nitrogen and oxygen atoms in total. The van der Waals surface area contributed by atoms with Crippen molar-refractivity contribution in [2.45, 2.75) is 37.8 Å². The van der Waals surface area contributed by atoms with Crippen molar-refractivity contribution < 1.29 is 12.6 Å². The fourth-order valence-electron chi connectivity index (χ4n) is 2.94. The summed E-state index contributed by atoms with van der Waals surface area (Å²) < 4.78 is 33.5. The molecule has 0 fully saturated rings. The molecule has 3 rings (SSSR count). The smallest absolute Gasteiger partial charge is 0.357 e. The van der Waals surface area contributed by atoms with Gasteiger partial charge < -0.3 is 14.5 Å². The molecule has 148 valence electrons. The van der Waals surface area contributed by atoms with Gasteiger partial charge in [0.2, 0.25) is 0 Å². The van der Waals surface area contributed by atoms with Crippen molar-refractivity contribution in [2.24, 2.45) is 5.73 Å². The number of imidazole rings is 1. The highest BCUT2D eigenvalue weighted by Gasteiger charge is 2.31. The quantitative estimate of drug-likeness (QED) is 0.584. The first-order chi connectivity index (χ1) is 13.4. The average molecular weight is 401 g/mol. The minimum atomic E-state index is -4.10. The number of nitrogens with two attached hydrogens (primary N) is 1. The fourth-order valence-corrected chi connectivity index (χ4v) is 4.36. The molecule has 0 aliphatic heterocycles. The van der Waals surface area contributed by atoms with Gasteiger partial charge in [-0.2, -0.15) is 8.42 Å². The van der Waals surface area contributed by atoms with E-state index in [1.54, 1.807) is 47.3 Å². The first-order valence-corrected chi connectivity index (χ1v) is 10.5. The maximum Gasteiger partial charge on any atom is 0.357 e. The summed E-state index contributed by atoms with van der Waals surface area (Å²) in [7, 11) is -4.10. The largest absolute Gasteiger partial charge is 0.378 e. The Labute approximate surface area is 165 Å². The molecule has 0 unspecified atom stereocenters. The van der Waals surface area contributed by atoms with Crippen LogP contribution in [-0.4, -0.2) is 29.5 Å². The monoisotopic (exact) mass is 400 g/mol. The van der Waals surface area contributed by atoms with Crippen LogP contribution in [0.5, 0.6) is 5.75 Å².